The van der Waals surface area contributed by atoms with Gasteiger partial charge < -0.3 is 9.32 Å². The van der Waals surface area contributed by atoms with E-state index in [1.54, 1.807) is 0 Å². The standard InChI is InChI=1S/C61H41NO/c1-5-17-42(18-6-1)44-31-36-49(37-32-44)62(50-38-33-45(34-39-50)51-26-15-27-53-52-25-13-14-30-58(52)63-60(51)53)57-29-16-28-55-59(57)54-40-35-46(43-19-7-2-8-20-43)41-56(54)61(55,47-21-9-3-10-22-47)48-23-11-4-12-24-48/h1-41H. The van der Waals surface area contributed by atoms with E-state index in [1.165, 1.54) is 55.6 Å². The number of anilines is 3. The summed E-state index contributed by atoms with van der Waals surface area (Å²) in [7, 11) is 0. The largest absolute Gasteiger partial charge is 0.455 e. The van der Waals surface area contributed by atoms with Crippen LogP contribution in [0.4, 0.5) is 17.1 Å². The highest BCUT2D eigenvalue weighted by Crippen LogP contribution is 2.60. The van der Waals surface area contributed by atoms with Crippen molar-refractivity contribution in [2.45, 2.75) is 5.41 Å². The van der Waals surface area contributed by atoms with Crippen molar-refractivity contribution in [1.82, 2.24) is 0 Å². The number of fused-ring (bicyclic) bond motifs is 6. The molecule has 1 aliphatic rings. The molecule has 10 aromatic carbocycles. The molecule has 2 nitrogen and oxygen atoms in total. The van der Waals surface area contributed by atoms with Crippen LogP contribution in [0.5, 0.6) is 0 Å². The predicted octanol–water partition coefficient (Wildman–Crippen LogP) is 16.4. The summed E-state index contributed by atoms with van der Waals surface area (Å²) in [6.45, 7) is 0. The van der Waals surface area contributed by atoms with E-state index < -0.39 is 5.41 Å². The van der Waals surface area contributed by atoms with E-state index in [-0.39, 0.29) is 0 Å². The minimum Gasteiger partial charge on any atom is -0.455 e. The van der Waals surface area contributed by atoms with Gasteiger partial charge in [0.25, 0.3) is 0 Å². The number of furan rings is 1. The van der Waals surface area contributed by atoms with Gasteiger partial charge in [-0.15, -0.1) is 0 Å². The summed E-state index contributed by atoms with van der Waals surface area (Å²) < 4.78 is 6.50. The molecule has 63 heavy (non-hydrogen) atoms. The molecule has 0 aliphatic heterocycles. The van der Waals surface area contributed by atoms with Gasteiger partial charge in [-0.3, -0.25) is 0 Å². The molecule has 0 spiro atoms. The Morgan fingerprint density at radius 3 is 1.49 bits per heavy atom. The summed E-state index contributed by atoms with van der Waals surface area (Å²) in [5.74, 6) is 0. The summed E-state index contributed by atoms with van der Waals surface area (Å²) >= 11 is 0. The van der Waals surface area contributed by atoms with Gasteiger partial charge in [-0.1, -0.05) is 206 Å². The molecule has 0 saturated heterocycles. The Morgan fingerprint density at radius 1 is 0.333 bits per heavy atom. The Morgan fingerprint density at radius 2 is 0.841 bits per heavy atom. The molecule has 0 radical (unpaired) electrons. The van der Waals surface area contributed by atoms with E-state index in [4.69, 9.17) is 4.42 Å². The number of nitrogens with zero attached hydrogens (tertiary/aromatic N) is 1. The number of benzene rings is 10. The molecule has 12 rings (SSSR count). The lowest BCUT2D eigenvalue weighted by molar-refractivity contribution is 0.670. The third-order valence-electron chi connectivity index (χ3n) is 13.0. The highest BCUT2D eigenvalue weighted by Gasteiger charge is 2.47. The number of rotatable bonds is 8. The van der Waals surface area contributed by atoms with Crippen molar-refractivity contribution in [1.29, 1.82) is 0 Å². The Kier molecular flexibility index (Phi) is 8.76. The molecule has 296 valence electrons. The molecule has 1 heterocycles. The molecule has 1 aliphatic carbocycles. The second-order valence-electron chi connectivity index (χ2n) is 16.4. The third kappa shape index (κ3) is 5.95. The average Bonchev–Trinajstić information content (AvgIpc) is 3.90. The van der Waals surface area contributed by atoms with Crippen LogP contribution < -0.4 is 4.90 Å². The van der Waals surface area contributed by atoms with Crippen LogP contribution in [0.1, 0.15) is 22.3 Å². The van der Waals surface area contributed by atoms with Gasteiger partial charge in [0.15, 0.2) is 0 Å². The average molecular weight is 804 g/mol. The van der Waals surface area contributed by atoms with E-state index in [1.807, 2.05) is 12.1 Å². The maximum Gasteiger partial charge on any atom is 0.143 e. The fourth-order valence-corrected chi connectivity index (χ4v) is 10.1. The van der Waals surface area contributed by atoms with E-state index in [9.17, 15) is 0 Å². The first-order valence-electron chi connectivity index (χ1n) is 21.7. The summed E-state index contributed by atoms with van der Waals surface area (Å²) in [6, 6.07) is 90.3. The fourth-order valence-electron chi connectivity index (χ4n) is 10.1. The van der Waals surface area contributed by atoms with Crippen LogP contribution in [0.25, 0.3) is 66.4 Å². The van der Waals surface area contributed by atoms with Crippen molar-refractivity contribution in [2.75, 3.05) is 4.90 Å². The minimum atomic E-state index is -0.577. The smallest absolute Gasteiger partial charge is 0.143 e. The molecular weight excluding hydrogens is 763 g/mol. The summed E-state index contributed by atoms with van der Waals surface area (Å²) in [6.07, 6.45) is 0. The zero-order valence-electron chi connectivity index (χ0n) is 34.5. The van der Waals surface area contributed by atoms with Crippen LogP contribution in [0.2, 0.25) is 0 Å². The van der Waals surface area contributed by atoms with Gasteiger partial charge in [-0.25, -0.2) is 0 Å². The molecule has 0 bridgehead atoms. The van der Waals surface area contributed by atoms with Gasteiger partial charge in [0.05, 0.1) is 11.1 Å². The SMILES string of the molecule is c1ccc(-c2ccc(N(c3ccc(-c4cccc5c4oc4ccccc45)cc3)c3cccc4c3-c3ccc(-c5ccccc5)cc3C4(c3ccccc3)c3ccccc3)cc2)cc1. The molecular formula is C61H41NO. The van der Waals surface area contributed by atoms with Crippen LogP contribution in [0.3, 0.4) is 0 Å². The van der Waals surface area contributed by atoms with Crippen LogP contribution in [-0.2, 0) is 5.41 Å². The Hall–Kier alpha value is -8.20. The summed E-state index contributed by atoms with van der Waals surface area (Å²) in [5.41, 5.74) is 18.9. The second kappa shape index (κ2) is 15.1. The van der Waals surface area contributed by atoms with Crippen molar-refractivity contribution in [2.24, 2.45) is 0 Å². The molecule has 0 unspecified atom stereocenters. The minimum absolute atomic E-state index is 0.577. The molecule has 0 amide bonds. The van der Waals surface area contributed by atoms with Gasteiger partial charge >= 0.3 is 0 Å². The zero-order valence-corrected chi connectivity index (χ0v) is 34.5. The molecule has 0 atom stereocenters. The van der Waals surface area contributed by atoms with Gasteiger partial charge in [0.2, 0.25) is 0 Å². The van der Waals surface area contributed by atoms with Gasteiger partial charge in [-0.2, -0.15) is 0 Å². The van der Waals surface area contributed by atoms with Crippen molar-refractivity contribution in [3.8, 4) is 44.5 Å². The Balaban J connectivity index is 1.09. The first-order valence-corrected chi connectivity index (χ1v) is 21.7. The van der Waals surface area contributed by atoms with Crippen LogP contribution in [0, 0.1) is 0 Å². The molecule has 0 N–H and O–H groups in total. The van der Waals surface area contributed by atoms with E-state index in [0.717, 1.165) is 50.1 Å². The van der Waals surface area contributed by atoms with E-state index in [2.05, 4.69) is 241 Å². The van der Waals surface area contributed by atoms with E-state index >= 15 is 0 Å². The highest BCUT2D eigenvalue weighted by atomic mass is 16.3. The lowest BCUT2D eigenvalue weighted by Gasteiger charge is -2.34. The van der Waals surface area contributed by atoms with Gasteiger partial charge in [0.1, 0.15) is 11.2 Å². The van der Waals surface area contributed by atoms with Gasteiger partial charge in [0, 0.05) is 33.3 Å². The first kappa shape index (κ1) is 36.6. The normalized spacial score (nSPS) is 12.6. The number of hydrogen-bond donors (Lipinski definition) is 0. The van der Waals surface area contributed by atoms with Crippen molar-refractivity contribution >= 4 is 39.0 Å². The van der Waals surface area contributed by atoms with Crippen molar-refractivity contribution < 1.29 is 4.42 Å². The van der Waals surface area contributed by atoms with Crippen LogP contribution in [0.15, 0.2) is 253 Å². The first-order chi connectivity index (χ1) is 31.3. The maximum absolute atomic E-state index is 6.50. The molecule has 0 fully saturated rings. The monoisotopic (exact) mass is 803 g/mol. The van der Waals surface area contributed by atoms with E-state index in [0.29, 0.717) is 0 Å². The molecule has 11 aromatic rings. The lowest BCUT2D eigenvalue weighted by Crippen LogP contribution is -2.28. The van der Waals surface area contributed by atoms with Crippen molar-refractivity contribution in [3.05, 3.63) is 271 Å². The molecule has 2 heteroatoms. The Labute approximate surface area is 367 Å². The summed E-state index contributed by atoms with van der Waals surface area (Å²) in [4.78, 5) is 2.44. The number of para-hydroxylation sites is 2. The predicted molar refractivity (Wildman–Crippen MR) is 262 cm³/mol. The lowest BCUT2D eigenvalue weighted by atomic mass is 9.67. The topological polar surface area (TPSA) is 16.4 Å². The third-order valence-corrected chi connectivity index (χ3v) is 13.0. The van der Waals surface area contributed by atoms with Gasteiger partial charge in [-0.05, 0) is 98.1 Å². The van der Waals surface area contributed by atoms with Crippen LogP contribution >= 0.6 is 0 Å². The maximum atomic E-state index is 6.50. The summed E-state index contributed by atoms with van der Waals surface area (Å²) in [5, 5.41) is 2.26. The highest BCUT2D eigenvalue weighted by molar-refractivity contribution is 6.09. The zero-order chi connectivity index (χ0) is 41.7. The Bertz CT molecular complexity index is 3370. The second-order valence-corrected chi connectivity index (χ2v) is 16.4. The number of hydrogen-bond acceptors (Lipinski definition) is 2. The van der Waals surface area contributed by atoms with Crippen LogP contribution in [-0.4, -0.2) is 0 Å². The van der Waals surface area contributed by atoms with Crippen molar-refractivity contribution in [3.63, 3.8) is 0 Å². The molecule has 0 saturated carbocycles. The molecule has 1 aromatic heterocycles. The fraction of sp³-hybridized carbons (Fsp3) is 0.0164. The quantitative estimate of drug-likeness (QED) is 0.152.